The lowest BCUT2D eigenvalue weighted by atomic mass is 9.83. The lowest BCUT2D eigenvalue weighted by Gasteiger charge is -2.47. The normalized spacial score (nSPS) is 23.3. The second-order valence-electron chi connectivity index (χ2n) is 18.6. The first-order valence-electron chi connectivity index (χ1n) is 23.4. The molecule has 0 radical (unpaired) electrons. The second kappa shape index (κ2) is 18.6. The Bertz CT molecular complexity index is 2620. The number of amides is 4. The van der Waals surface area contributed by atoms with Crippen LogP contribution in [0.15, 0.2) is 47.4 Å². The molecule has 348 valence electrons. The van der Waals surface area contributed by atoms with Crippen molar-refractivity contribution in [2.75, 3.05) is 50.1 Å². The molecule has 2 aromatic heterocycles. The number of pyridine rings is 1. The highest BCUT2D eigenvalue weighted by Gasteiger charge is 2.42. The number of nitrogens with zero attached hydrogens (tertiary/aromatic N) is 6. The molecule has 3 saturated heterocycles. The summed E-state index contributed by atoms with van der Waals surface area (Å²) in [5, 5.41) is 9.37. The van der Waals surface area contributed by atoms with Crippen molar-refractivity contribution in [3.63, 3.8) is 0 Å². The summed E-state index contributed by atoms with van der Waals surface area (Å²) in [5.74, 6) is -0.629. The number of piperidine rings is 3. The summed E-state index contributed by atoms with van der Waals surface area (Å²) in [6.45, 7) is 3.01. The van der Waals surface area contributed by atoms with Gasteiger partial charge in [0, 0.05) is 60.8 Å². The van der Waals surface area contributed by atoms with Crippen LogP contribution in [0.1, 0.15) is 110 Å². The Morgan fingerprint density at radius 2 is 1.70 bits per heavy atom. The molecule has 4 aliphatic heterocycles. The topological polar surface area (TPSA) is 180 Å². The Hall–Kier alpha value is -5.65. The van der Waals surface area contributed by atoms with Crippen molar-refractivity contribution in [3.8, 4) is 5.75 Å². The van der Waals surface area contributed by atoms with Gasteiger partial charge in [0.1, 0.15) is 16.9 Å². The smallest absolute Gasteiger partial charge is 0.293 e. The maximum absolute atomic E-state index is 16.0. The molecule has 1 atom stereocenters. The predicted molar refractivity (Wildman–Crippen MR) is 245 cm³/mol. The van der Waals surface area contributed by atoms with E-state index in [2.05, 4.69) is 30.7 Å². The number of anilines is 3. The SMILES string of the molecule is CNC(=O)COc1cc2cc(Nc3nc(N4CCC(OC5CC(N6CCC(c7ccc8c(c7F)CN([C@@H]7CCC(=O)NC7=O)C8=O)CC6)C5)CC4)ncc3Cl)ccc2n(C2CCCC2)c1=O. The van der Waals surface area contributed by atoms with Crippen LogP contribution in [-0.2, 0) is 25.7 Å². The minimum Gasteiger partial charge on any atom is -0.478 e. The van der Waals surface area contributed by atoms with Crippen molar-refractivity contribution >= 4 is 63.6 Å². The summed E-state index contributed by atoms with van der Waals surface area (Å²) < 4.78 is 30.2. The van der Waals surface area contributed by atoms with Crippen LogP contribution in [0.5, 0.6) is 5.75 Å². The first-order valence-corrected chi connectivity index (χ1v) is 23.8. The molecule has 4 aromatic rings. The summed E-state index contributed by atoms with van der Waals surface area (Å²) in [7, 11) is 1.53. The third-order valence-electron chi connectivity index (χ3n) is 14.7. The van der Waals surface area contributed by atoms with E-state index < -0.39 is 11.9 Å². The van der Waals surface area contributed by atoms with Gasteiger partial charge in [-0.15, -0.1) is 0 Å². The molecule has 0 unspecified atom stereocenters. The number of likely N-dealkylation sites (N-methyl/N-ethyl adjacent to an activating group) is 1. The minimum atomic E-state index is -0.768. The van der Waals surface area contributed by atoms with Gasteiger partial charge in [0.25, 0.3) is 17.4 Å². The van der Waals surface area contributed by atoms with E-state index in [1.165, 1.54) is 11.9 Å². The summed E-state index contributed by atoms with van der Waals surface area (Å²) >= 11 is 6.64. The number of nitrogens with one attached hydrogen (secondary N) is 3. The van der Waals surface area contributed by atoms with Gasteiger partial charge in [0.05, 0.1) is 30.5 Å². The van der Waals surface area contributed by atoms with Crippen molar-refractivity contribution in [2.45, 2.75) is 120 Å². The Kier molecular flexibility index (Phi) is 12.4. The lowest BCUT2D eigenvalue weighted by molar-refractivity contribution is -0.137. The highest BCUT2D eigenvalue weighted by molar-refractivity contribution is 6.33. The van der Waals surface area contributed by atoms with Crippen LogP contribution in [0.3, 0.4) is 0 Å². The molecule has 2 aromatic carbocycles. The predicted octanol–water partition coefficient (Wildman–Crippen LogP) is 5.72. The maximum Gasteiger partial charge on any atom is 0.293 e. The van der Waals surface area contributed by atoms with Crippen LogP contribution >= 0.6 is 11.6 Å². The van der Waals surface area contributed by atoms with Crippen molar-refractivity contribution in [2.24, 2.45) is 0 Å². The van der Waals surface area contributed by atoms with Gasteiger partial charge in [0.2, 0.25) is 17.8 Å². The van der Waals surface area contributed by atoms with Gasteiger partial charge in [0.15, 0.2) is 18.2 Å². The molecule has 16 nitrogen and oxygen atoms in total. The zero-order valence-corrected chi connectivity index (χ0v) is 37.8. The first kappa shape index (κ1) is 44.2. The number of hydrogen-bond acceptors (Lipinski definition) is 12. The number of rotatable bonds is 12. The summed E-state index contributed by atoms with van der Waals surface area (Å²) in [5.41, 5.74) is 2.60. The molecular formula is C48H55ClFN9O7. The average molecular weight is 924 g/mol. The standard InChI is InChI=1S/C48H55ClFN9O7/c1-51-42(61)26-65-40-21-28-20-29(6-9-38(28)59(47(40)64)30-4-2-3-5-30)53-44-37(49)24-52-48(55-44)57-18-14-32(15-19-57)66-33-22-31(23-33)56-16-12-27(13-17-56)34-7-8-35-36(43(34)50)25-58(46(35)63)39-10-11-41(60)54-45(39)62/h6-9,20-21,24,27,30-33,39H,2-5,10-19,22-23,25-26H2,1H3,(H,51,61)(H,52,53,55)(H,54,60,62)/t31?,33?,39-/m1/s1. The molecule has 10 rings (SSSR count). The van der Waals surface area contributed by atoms with Crippen molar-refractivity contribution in [1.29, 1.82) is 0 Å². The van der Waals surface area contributed by atoms with Crippen LogP contribution in [0.2, 0.25) is 5.02 Å². The molecule has 3 N–H and O–H groups in total. The number of halogens is 2. The molecular weight excluding hydrogens is 869 g/mol. The van der Waals surface area contributed by atoms with Gasteiger partial charge in [-0.2, -0.15) is 4.98 Å². The molecule has 2 saturated carbocycles. The monoisotopic (exact) mass is 923 g/mol. The van der Waals surface area contributed by atoms with E-state index in [0.717, 1.165) is 107 Å². The van der Waals surface area contributed by atoms with Gasteiger partial charge in [-0.25, -0.2) is 9.37 Å². The molecule has 6 heterocycles. The molecule has 18 heteroatoms. The van der Waals surface area contributed by atoms with Gasteiger partial charge < -0.3 is 39.4 Å². The van der Waals surface area contributed by atoms with Gasteiger partial charge >= 0.3 is 0 Å². The van der Waals surface area contributed by atoms with Crippen molar-refractivity contribution in [1.82, 2.24) is 35.0 Å². The fourth-order valence-corrected chi connectivity index (χ4v) is 11.0. The quantitative estimate of drug-likeness (QED) is 0.147. The van der Waals surface area contributed by atoms with E-state index in [0.29, 0.717) is 39.5 Å². The number of carbonyl (C=O) groups excluding carboxylic acids is 4. The number of aromatic nitrogens is 3. The number of carbonyl (C=O) groups is 4. The number of benzene rings is 2. The lowest BCUT2D eigenvalue weighted by Crippen LogP contribution is -2.52. The highest BCUT2D eigenvalue weighted by atomic mass is 35.5. The molecule has 4 amide bonds. The largest absolute Gasteiger partial charge is 0.478 e. The molecule has 0 bridgehead atoms. The van der Waals surface area contributed by atoms with Crippen LogP contribution in [0, 0.1) is 5.82 Å². The van der Waals surface area contributed by atoms with Crippen LogP contribution in [0.4, 0.5) is 21.8 Å². The first-order chi connectivity index (χ1) is 32.0. The van der Waals surface area contributed by atoms with E-state index in [1.807, 2.05) is 22.8 Å². The highest BCUT2D eigenvalue weighted by Crippen LogP contribution is 2.40. The number of ether oxygens (including phenoxy) is 2. The van der Waals surface area contributed by atoms with Crippen LogP contribution < -0.4 is 31.1 Å². The second-order valence-corrected chi connectivity index (χ2v) is 19.0. The third kappa shape index (κ3) is 8.72. The van der Waals surface area contributed by atoms with E-state index in [4.69, 9.17) is 26.1 Å². The number of fused-ring (bicyclic) bond motifs is 2. The van der Waals surface area contributed by atoms with Gasteiger partial charge in [-0.05, 0) is 113 Å². The van der Waals surface area contributed by atoms with Crippen LogP contribution in [0.25, 0.3) is 10.9 Å². The maximum atomic E-state index is 16.0. The number of imide groups is 1. The summed E-state index contributed by atoms with van der Waals surface area (Å²) in [6.07, 6.45) is 11.6. The van der Waals surface area contributed by atoms with Crippen molar-refractivity contribution in [3.05, 3.63) is 80.5 Å². The van der Waals surface area contributed by atoms with E-state index in [-0.39, 0.29) is 85.0 Å². The zero-order valence-electron chi connectivity index (χ0n) is 37.0. The molecule has 0 spiro atoms. The molecule has 5 fully saturated rings. The van der Waals surface area contributed by atoms with E-state index in [1.54, 1.807) is 24.4 Å². The summed E-state index contributed by atoms with van der Waals surface area (Å²) in [6, 6.07) is 10.7. The Morgan fingerprint density at radius 1 is 0.924 bits per heavy atom. The fraction of sp³-hybridized carbons (Fsp3) is 0.521. The minimum absolute atomic E-state index is 0.0393. The summed E-state index contributed by atoms with van der Waals surface area (Å²) in [4.78, 5) is 78.3. The average Bonchev–Trinajstić information content (AvgIpc) is 3.96. The van der Waals surface area contributed by atoms with E-state index in [9.17, 15) is 24.0 Å². The Morgan fingerprint density at radius 3 is 2.44 bits per heavy atom. The van der Waals surface area contributed by atoms with Crippen molar-refractivity contribution < 1.29 is 33.0 Å². The van der Waals surface area contributed by atoms with E-state index >= 15 is 4.39 Å². The molecule has 2 aliphatic carbocycles. The third-order valence-corrected chi connectivity index (χ3v) is 14.9. The number of hydrogen-bond donors (Lipinski definition) is 3. The fourth-order valence-electron chi connectivity index (χ4n) is 10.9. The van der Waals surface area contributed by atoms with Gasteiger partial charge in [-0.3, -0.25) is 29.3 Å². The Balaban J connectivity index is 0.703. The van der Waals surface area contributed by atoms with Gasteiger partial charge in [-0.1, -0.05) is 30.5 Å². The van der Waals surface area contributed by atoms with Crippen LogP contribution in [-0.4, -0.2) is 112 Å². The Labute approximate surface area is 386 Å². The molecule has 66 heavy (non-hydrogen) atoms. The molecule has 6 aliphatic rings. The number of likely N-dealkylation sites (tertiary alicyclic amines) is 1. The zero-order chi connectivity index (χ0) is 45.6.